The van der Waals surface area contributed by atoms with Crippen molar-refractivity contribution in [1.82, 2.24) is 0 Å². The second-order valence-electron chi connectivity index (χ2n) is 3.43. The fourth-order valence-corrected chi connectivity index (χ4v) is 2.86. The van der Waals surface area contributed by atoms with Crippen molar-refractivity contribution in [3.8, 4) is 10.4 Å². The molecule has 0 nitrogen and oxygen atoms in total. The summed E-state index contributed by atoms with van der Waals surface area (Å²) < 4.78 is 1.23. The minimum atomic E-state index is 1.23. The predicted molar refractivity (Wildman–Crippen MR) is 66.9 cm³/mol. The van der Waals surface area contributed by atoms with E-state index >= 15 is 0 Å². The van der Waals surface area contributed by atoms with E-state index in [1.54, 1.807) is 11.3 Å². The fraction of sp³-hybridized carbons (Fsp3) is 0.167. The summed E-state index contributed by atoms with van der Waals surface area (Å²) >= 11 is 5.34. The van der Waals surface area contributed by atoms with Crippen molar-refractivity contribution >= 4 is 27.3 Å². The van der Waals surface area contributed by atoms with Crippen LogP contribution in [0.25, 0.3) is 10.4 Å². The van der Waals surface area contributed by atoms with E-state index in [1.165, 1.54) is 25.4 Å². The highest BCUT2D eigenvalue weighted by Crippen LogP contribution is 2.34. The van der Waals surface area contributed by atoms with Gasteiger partial charge < -0.3 is 0 Å². The van der Waals surface area contributed by atoms with Crippen molar-refractivity contribution in [2.45, 2.75) is 13.8 Å². The highest BCUT2D eigenvalue weighted by atomic mass is 79.9. The highest BCUT2D eigenvalue weighted by molar-refractivity contribution is 9.11. The Bertz CT molecular complexity index is 420. The topological polar surface area (TPSA) is 0 Å². The van der Waals surface area contributed by atoms with Crippen LogP contribution in [0.4, 0.5) is 0 Å². The van der Waals surface area contributed by atoms with Gasteiger partial charge in [-0.25, -0.2) is 0 Å². The van der Waals surface area contributed by atoms with Crippen LogP contribution in [0.2, 0.25) is 0 Å². The van der Waals surface area contributed by atoms with Crippen molar-refractivity contribution in [1.29, 1.82) is 0 Å². The van der Waals surface area contributed by atoms with E-state index in [9.17, 15) is 0 Å². The Balaban J connectivity index is 2.44. The van der Waals surface area contributed by atoms with E-state index in [0.717, 1.165) is 0 Å². The van der Waals surface area contributed by atoms with Crippen molar-refractivity contribution in [3.05, 3.63) is 45.2 Å². The molecule has 0 aliphatic heterocycles. The Hall–Kier alpha value is -0.600. The van der Waals surface area contributed by atoms with Crippen LogP contribution in [0.3, 0.4) is 0 Å². The maximum absolute atomic E-state index is 3.55. The van der Waals surface area contributed by atoms with Crippen LogP contribution in [0, 0.1) is 13.8 Å². The summed E-state index contributed by atoms with van der Waals surface area (Å²) in [5.74, 6) is 0. The van der Waals surface area contributed by atoms with Gasteiger partial charge in [0.2, 0.25) is 0 Å². The minimum Gasteiger partial charge on any atom is -0.128 e. The van der Waals surface area contributed by atoms with E-state index < -0.39 is 0 Å². The molecule has 2 aromatic rings. The van der Waals surface area contributed by atoms with Gasteiger partial charge in [-0.2, -0.15) is 0 Å². The Morgan fingerprint density at radius 2 is 1.71 bits per heavy atom. The molecule has 72 valence electrons. The molecule has 0 aliphatic carbocycles. The third kappa shape index (κ3) is 1.91. The lowest BCUT2D eigenvalue weighted by molar-refractivity contribution is 1.47. The molecule has 0 saturated carbocycles. The van der Waals surface area contributed by atoms with Crippen LogP contribution in [0.1, 0.15) is 11.1 Å². The van der Waals surface area contributed by atoms with Gasteiger partial charge in [0.25, 0.3) is 0 Å². The molecule has 0 fully saturated rings. The second-order valence-corrected chi connectivity index (χ2v) is 5.80. The maximum Gasteiger partial charge on any atom is 0.0734 e. The third-order valence-electron chi connectivity index (χ3n) is 2.19. The zero-order chi connectivity index (χ0) is 10.1. The minimum absolute atomic E-state index is 1.23. The number of benzene rings is 1. The van der Waals surface area contributed by atoms with Crippen LogP contribution in [-0.4, -0.2) is 0 Å². The predicted octanol–water partition coefficient (Wildman–Crippen LogP) is 4.79. The number of hydrogen-bond donors (Lipinski definition) is 0. The molecule has 1 aromatic carbocycles. The number of halogens is 1. The standard InChI is InChI=1S/C12H11BrS/c1-8-3-5-10(6-4-8)11-7-9(2)12(13)14-11/h3-7H,1-2H3. The molecule has 1 aromatic heterocycles. The van der Waals surface area contributed by atoms with E-state index in [0.29, 0.717) is 0 Å². The van der Waals surface area contributed by atoms with E-state index in [4.69, 9.17) is 0 Å². The van der Waals surface area contributed by atoms with Crippen molar-refractivity contribution in [2.24, 2.45) is 0 Å². The number of thiophene rings is 1. The summed E-state index contributed by atoms with van der Waals surface area (Å²) in [5.41, 5.74) is 3.92. The molecule has 0 N–H and O–H groups in total. The van der Waals surface area contributed by atoms with Crippen LogP contribution in [0.5, 0.6) is 0 Å². The molecule has 0 spiro atoms. The van der Waals surface area contributed by atoms with E-state index in [2.05, 4.69) is 60.1 Å². The van der Waals surface area contributed by atoms with Gasteiger partial charge in [0.1, 0.15) is 0 Å². The molecule has 0 bridgehead atoms. The molecule has 2 heteroatoms. The lowest BCUT2D eigenvalue weighted by Gasteiger charge is -1.97. The molecule has 0 amide bonds. The van der Waals surface area contributed by atoms with E-state index in [-0.39, 0.29) is 0 Å². The summed E-state index contributed by atoms with van der Waals surface area (Å²) in [5, 5.41) is 0. The molecule has 1 heterocycles. The Labute approximate surface area is 96.7 Å². The maximum atomic E-state index is 3.55. The first-order valence-electron chi connectivity index (χ1n) is 4.50. The fourth-order valence-electron chi connectivity index (χ4n) is 1.32. The molecule has 2 rings (SSSR count). The molecule has 0 radical (unpaired) electrons. The first-order chi connectivity index (χ1) is 6.66. The Morgan fingerprint density at radius 1 is 1.07 bits per heavy atom. The Kier molecular flexibility index (Phi) is 2.75. The summed E-state index contributed by atoms with van der Waals surface area (Å²) in [7, 11) is 0. The number of hydrogen-bond acceptors (Lipinski definition) is 1. The van der Waals surface area contributed by atoms with Gasteiger partial charge in [0.15, 0.2) is 0 Å². The smallest absolute Gasteiger partial charge is 0.0734 e. The zero-order valence-electron chi connectivity index (χ0n) is 8.17. The molecule has 0 atom stereocenters. The van der Waals surface area contributed by atoms with Crippen LogP contribution in [0.15, 0.2) is 34.1 Å². The van der Waals surface area contributed by atoms with Gasteiger partial charge in [0.05, 0.1) is 3.79 Å². The van der Waals surface area contributed by atoms with Crippen molar-refractivity contribution < 1.29 is 0 Å². The van der Waals surface area contributed by atoms with Gasteiger partial charge in [-0.05, 0) is 47.0 Å². The lowest BCUT2D eigenvalue weighted by atomic mass is 10.1. The number of aryl methyl sites for hydroxylation is 2. The molecule has 0 aliphatic rings. The first kappa shape index (κ1) is 9.94. The van der Waals surface area contributed by atoms with Crippen molar-refractivity contribution in [2.75, 3.05) is 0 Å². The normalized spacial score (nSPS) is 10.5. The molecule has 0 saturated heterocycles. The highest BCUT2D eigenvalue weighted by Gasteiger charge is 2.04. The van der Waals surface area contributed by atoms with Crippen LogP contribution in [-0.2, 0) is 0 Å². The third-order valence-corrected chi connectivity index (χ3v) is 4.38. The SMILES string of the molecule is Cc1ccc(-c2cc(C)c(Br)s2)cc1. The second kappa shape index (κ2) is 3.87. The molecule has 0 unspecified atom stereocenters. The van der Waals surface area contributed by atoms with Crippen LogP contribution < -0.4 is 0 Å². The largest absolute Gasteiger partial charge is 0.128 e. The quantitative estimate of drug-likeness (QED) is 0.696. The lowest BCUT2D eigenvalue weighted by Crippen LogP contribution is -1.73. The summed E-state index contributed by atoms with van der Waals surface area (Å²) in [6, 6.07) is 10.9. The Morgan fingerprint density at radius 3 is 2.21 bits per heavy atom. The molecular weight excluding hydrogens is 256 g/mol. The zero-order valence-corrected chi connectivity index (χ0v) is 10.6. The molecular formula is C12H11BrS. The van der Waals surface area contributed by atoms with Gasteiger partial charge in [-0.1, -0.05) is 29.8 Å². The first-order valence-corrected chi connectivity index (χ1v) is 6.11. The van der Waals surface area contributed by atoms with Gasteiger partial charge >= 0.3 is 0 Å². The van der Waals surface area contributed by atoms with Crippen LogP contribution >= 0.6 is 27.3 Å². The van der Waals surface area contributed by atoms with Gasteiger partial charge in [-0.3, -0.25) is 0 Å². The average molecular weight is 267 g/mol. The monoisotopic (exact) mass is 266 g/mol. The molecule has 14 heavy (non-hydrogen) atoms. The van der Waals surface area contributed by atoms with Gasteiger partial charge in [0, 0.05) is 4.88 Å². The summed E-state index contributed by atoms with van der Waals surface area (Å²) in [4.78, 5) is 1.33. The van der Waals surface area contributed by atoms with E-state index in [1.807, 2.05) is 0 Å². The number of rotatable bonds is 1. The summed E-state index contributed by atoms with van der Waals surface area (Å²) in [6.45, 7) is 4.23. The van der Waals surface area contributed by atoms with Gasteiger partial charge in [-0.15, -0.1) is 11.3 Å². The summed E-state index contributed by atoms with van der Waals surface area (Å²) in [6.07, 6.45) is 0. The van der Waals surface area contributed by atoms with Crippen molar-refractivity contribution in [3.63, 3.8) is 0 Å². The average Bonchev–Trinajstić information content (AvgIpc) is 2.48.